The highest BCUT2D eigenvalue weighted by atomic mass is 16.2. The molecule has 2 saturated heterocycles. The van der Waals surface area contributed by atoms with Crippen LogP contribution in [0.15, 0.2) is 30.3 Å². The molecule has 1 aromatic rings. The van der Waals surface area contributed by atoms with Gasteiger partial charge in [0.05, 0.1) is 11.8 Å². The first-order chi connectivity index (χ1) is 14.0. The van der Waals surface area contributed by atoms with Crippen molar-refractivity contribution in [1.29, 1.82) is 0 Å². The first-order valence-corrected chi connectivity index (χ1v) is 10.9. The first-order valence-electron chi connectivity index (χ1n) is 10.9. The fourth-order valence-corrected chi connectivity index (χ4v) is 4.76. The molecule has 2 heterocycles. The molecule has 0 spiro atoms. The maximum Gasteiger partial charge on any atom is 0.226 e. The van der Waals surface area contributed by atoms with Gasteiger partial charge in [-0.25, -0.2) is 0 Å². The van der Waals surface area contributed by atoms with Gasteiger partial charge < -0.3 is 14.7 Å². The lowest BCUT2D eigenvalue weighted by Gasteiger charge is -2.34. The molecule has 156 valence electrons. The average molecular weight is 398 g/mol. The van der Waals surface area contributed by atoms with Crippen LogP contribution in [0.1, 0.15) is 31.7 Å². The van der Waals surface area contributed by atoms with E-state index in [1.807, 2.05) is 15.9 Å². The number of amides is 3. The molecule has 1 aliphatic carbocycles. The number of piperazine rings is 1. The van der Waals surface area contributed by atoms with Crippen molar-refractivity contribution in [3.63, 3.8) is 0 Å². The van der Waals surface area contributed by atoms with E-state index in [0.29, 0.717) is 38.5 Å². The molecule has 6 heteroatoms. The van der Waals surface area contributed by atoms with Gasteiger partial charge in [-0.1, -0.05) is 30.3 Å². The highest BCUT2D eigenvalue weighted by molar-refractivity contribution is 5.92. The lowest BCUT2D eigenvalue weighted by atomic mass is 9.90. The Morgan fingerprint density at radius 2 is 1.31 bits per heavy atom. The van der Waals surface area contributed by atoms with E-state index in [2.05, 4.69) is 24.3 Å². The zero-order valence-corrected chi connectivity index (χ0v) is 17.3. The highest BCUT2D eigenvalue weighted by Gasteiger charge is 2.51. The predicted octanol–water partition coefficient (Wildman–Crippen LogP) is 1.79. The van der Waals surface area contributed by atoms with Crippen LogP contribution in [-0.2, 0) is 20.8 Å². The van der Waals surface area contributed by atoms with Crippen LogP contribution in [0.4, 0.5) is 0 Å². The van der Waals surface area contributed by atoms with E-state index in [4.69, 9.17) is 0 Å². The molecule has 6 nitrogen and oxygen atoms in total. The summed E-state index contributed by atoms with van der Waals surface area (Å²) in [6.45, 7) is 5.55. The summed E-state index contributed by atoms with van der Waals surface area (Å²) >= 11 is 0. The largest absolute Gasteiger partial charge is 0.342 e. The van der Waals surface area contributed by atoms with Gasteiger partial charge in [0.1, 0.15) is 0 Å². The Hall–Kier alpha value is -2.37. The van der Waals surface area contributed by atoms with Crippen LogP contribution in [0, 0.1) is 17.8 Å². The summed E-state index contributed by atoms with van der Waals surface area (Å²) in [5, 5.41) is 0. The zero-order chi connectivity index (χ0) is 20.4. The molecule has 3 aliphatic rings. The number of hydrogen-bond donors (Lipinski definition) is 0. The van der Waals surface area contributed by atoms with Gasteiger partial charge in [-0.05, 0) is 37.2 Å². The van der Waals surface area contributed by atoms with Crippen LogP contribution in [-0.4, -0.2) is 71.7 Å². The van der Waals surface area contributed by atoms with E-state index in [1.165, 1.54) is 5.56 Å². The quantitative estimate of drug-likeness (QED) is 0.778. The zero-order valence-electron chi connectivity index (χ0n) is 17.3. The van der Waals surface area contributed by atoms with E-state index in [0.717, 1.165) is 32.4 Å². The molecule has 3 fully saturated rings. The maximum absolute atomic E-state index is 12.9. The fourth-order valence-electron chi connectivity index (χ4n) is 4.76. The average Bonchev–Trinajstić information content (AvgIpc) is 3.55. The monoisotopic (exact) mass is 397 g/mol. The second kappa shape index (κ2) is 8.56. The van der Waals surface area contributed by atoms with Crippen molar-refractivity contribution < 1.29 is 14.4 Å². The van der Waals surface area contributed by atoms with Crippen LogP contribution < -0.4 is 0 Å². The minimum absolute atomic E-state index is 0.0623. The van der Waals surface area contributed by atoms with Gasteiger partial charge in [0.25, 0.3) is 0 Å². The third-order valence-corrected chi connectivity index (χ3v) is 6.75. The maximum atomic E-state index is 12.9. The van der Waals surface area contributed by atoms with Crippen LogP contribution in [0.5, 0.6) is 0 Å². The van der Waals surface area contributed by atoms with Crippen molar-refractivity contribution in [3.05, 3.63) is 35.9 Å². The molecule has 0 radical (unpaired) electrons. The van der Waals surface area contributed by atoms with Crippen molar-refractivity contribution in [2.75, 3.05) is 39.3 Å². The Kier molecular flexibility index (Phi) is 5.88. The first kappa shape index (κ1) is 19.9. The molecule has 29 heavy (non-hydrogen) atoms. The number of benzene rings is 1. The van der Waals surface area contributed by atoms with Gasteiger partial charge in [-0.2, -0.15) is 0 Å². The van der Waals surface area contributed by atoms with Gasteiger partial charge in [-0.15, -0.1) is 0 Å². The summed E-state index contributed by atoms with van der Waals surface area (Å²) in [6.07, 6.45) is 3.85. The molecule has 0 aromatic heterocycles. The van der Waals surface area contributed by atoms with Crippen molar-refractivity contribution in [1.82, 2.24) is 14.7 Å². The van der Waals surface area contributed by atoms with E-state index >= 15 is 0 Å². The predicted molar refractivity (Wildman–Crippen MR) is 110 cm³/mol. The van der Waals surface area contributed by atoms with Crippen molar-refractivity contribution >= 4 is 17.7 Å². The Morgan fingerprint density at radius 1 is 0.793 bits per heavy atom. The van der Waals surface area contributed by atoms with E-state index < -0.39 is 0 Å². The fraction of sp³-hybridized carbons (Fsp3) is 0.609. The third kappa shape index (κ3) is 4.62. The number of piperidine rings is 1. The van der Waals surface area contributed by atoms with Gasteiger partial charge >= 0.3 is 0 Å². The molecule has 1 saturated carbocycles. The molecule has 2 aliphatic heterocycles. The molecule has 0 N–H and O–H groups in total. The Morgan fingerprint density at radius 3 is 1.86 bits per heavy atom. The number of carbonyl (C=O) groups excluding carboxylic acids is 3. The van der Waals surface area contributed by atoms with Gasteiger partial charge in [0, 0.05) is 46.2 Å². The van der Waals surface area contributed by atoms with Gasteiger partial charge in [0.15, 0.2) is 0 Å². The minimum atomic E-state index is -0.145. The second-order valence-electron chi connectivity index (χ2n) is 8.74. The Bertz CT molecular complexity index is 750. The van der Waals surface area contributed by atoms with Crippen molar-refractivity contribution in [3.8, 4) is 0 Å². The van der Waals surface area contributed by atoms with Crippen LogP contribution in [0.2, 0.25) is 0 Å². The molecule has 0 bridgehead atoms. The summed E-state index contributed by atoms with van der Waals surface area (Å²) in [4.78, 5) is 42.6. The number of nitrogens with zero attached hydrogens (tertiary/aromatic N) is 3. The Balaban J connectivity index is 1.21. The van der Waals surface area contributed by atoms with E-state index in [1.54, 1.807) is 11.8 Å². The summed E-state index contributed by atoms with van der Waals surface area (Å²) in [5.41, 5.74) is 1.37. The normalized spacial score (nSPS) is 25.1. The van der Waals surface area contributed by atoms with Gasteiger partial charge in [-0.3, -0.25) is 14.4 Å². The van der Waals surface area contributed by atoms with Gasteiger partial charge in [0.2, 0.25) is 17.7 Å². The standard InChI is InChI=1S/C23H31N3O3/c1-17(27)24-11-13-26(14-12-24)23(29)21-16-20(21)22(28)25-9-7-19(8-10-25)15-18-5-3-2-4-6-18/h2-6,19-21H,7-16H2,1H3. The summed E-state index contributed by atoms with van der Waals surface area (Å²) < 4.78 is 0. The summed E-state index contributed by atoms with van der Waals surface area (Å²) in [7, 11) is 0. The SMILES string of the molecule is CC(=O)N1CCN(C(=O)C2CC2C(=O)N2CCC(Cc3ccccc3)CC2)CC1. The number of carbonyl (C=O) groups is 3. The second-order valence-corrected chi connectivity index (χ2v) is 8.74. The Labute approximate surface area is 172 Å². The molecule has 2 unspecified atom stereocenters. The van der Waals surface area contributed by atoms with Crippen LogP contribution >= 0.6 is 0 Å². The molecule has 2 atom stereocenters. The van der Waals surface area contributed by atoms with Crippen molar-refractivity contribution in [2.45, 2.75) is 32.6 Å². The number of rotatable bonds is 4. The lowest BCUT2D eigenvalue weighted by molar-refractivity contribution is -0.141. The van der Waals surface area contributed by atoms with E-state index in [-0.39, 0.29) is 29.6 Å². The lowest BCUT2D eigenvalue weighted by Crippen LogP contribution is -2.50. The summed E-state index contributed by atoms with van der Waals surface area (Å²) in [6, 6.07) is 10.6. The van der Waals surface area contributed by atoms with Crippen molar-refractivity contribution in [2.24, 2.45) is 17.8 Å². The minimum Gasteiger partial charge on any atom is -0.342 e. The number of likely N-dealkylation sites (tertiary alicyclic amines) is 1. The van der Waals surface area contributed by atoms with Crippen LogP contribution in [0.3, 0.4) is 0 Å². The van der Waals surface area contributed by atoms with Crippen LogP contribution in [0.25, 0.3) is 0 Å². The highest BCUT2D eigenvalue weighted by Crippen LogP contribution is 2.42. The molecule has 3 amide bonds. The molecular weight excluding hydrogens is 366 g/mol. The smallest absolute Gasteiger partial charge is 0.226 e. The molecular formula is C23H31N3O3. The topological polar surface area (TPSA) is 60.9 Å². The summed E-state index contributed by atoms with van der Waals surface area (Å²) in [5.74, 6) is 0.699. The third-order valence-electron chi connectivity index (χ3n) is 6.75. The number of hydrogen-bond acceptors (Lipinski definition) is 3. The molecule has 4 rings (SSSR count). The molecule has 1 aromatic carbocycles. The van der Waals surface area contributed by atoms with E-state index in [9.17, 15) is 14.4 Å².